The standard InChI is InChI=1S/C22H23N5O2S/c1-16-8-6-12-20(17-9-7-10-18(14-17)25-30(3,28)29)27(16)21-15-26(2)24-22(21)19-11-4-5-13-23-19/h4-16,25H,1-3H3. The van der Waals surface area contributed by atoms with Crippen molar-refractivity contribution >= 4 is 27.1 Å². The number of hydrogen-bond acceptors (Lipinski definition) is 5. The van der Waals surface area contributed by atoms with E-state index >= 15 is 0 Å². The summed E-state index contributed by atoms with van der Waals surface area (Å²) in [4.78, 5) is 6.67. The molecule has 0 fully saturated rings. The van der Waals surface area contributed by atoms with Gasteiger partial charge in [0.25, 0.3) is 0 Å². The maximum absolute atomic E-state index is 11.7. The molecule has 3 heterocycles. The molecule has 0 bridgehead atoms. The predicted molar refractivity (Wildman–Crippen MR) is 120 cm³/mol. The quantitative estimate of drug-likeness (QED) is 0.680. The topological polar surface area (TPSA) is 80.1 Å². The lowest BCUT2D eigenvalue weighted by Crippen LogP contribution is -2.32. The van der Waals surface area contributed by atoms with Gasteiger partial charge in [0.1, 0.15) is 5.69 Å². The Morgan fingerprint density at radius 3 is 2.70 bits per heavy atom. The Balaban J connectivity index is 1.81. The zero-order chi connectivity index (χ0) is 21.3. The SMILES string of the molecule is CC1C=CC=C(c2cccc(NS(C)(=O)=O)c2)N1c1cn(C)nc1-c1ccccn1. The van der Waals surface area contributed by atoms with Crippen molar-refractivity contribution in [3.8, 4) is 11.4 Å². The van der Waals surface area contributed by atoms with Gasteiger partial charge in [0.2, 0.25) is 10.0 Å². The van der Waals surface area contributed by atoms with Crippen molar-refractivity contribution in [1.29, 1.82) is 0 Å². The average Bonchev–Trinajstić information content (AvgIpc) is 3.08. The number of rotatable bonds is 5. The van der Waals surface area contributed by atoms with Crippen LogP contribution in [0, 0.1) is 0 Å². The molecule has 30 heavy (non-hydrogen) atoms. The zero-order valence-corrected chi connectivity index (χ0v) is 17.8. The van der Waals surface area contributed by atoms with E-state index in [0.717, 1.165) is 34.6 Å². The van der Waals surface area contributed by atoms with E-state index in [1.54, 1.807) is 16.9 Å². The molecule has 7 nitrogen and oxygen atoms in total. The van der Waals surface area contributed by atoms with Gasteiger partial charge in [-0.1, -0.05) is 30.4 Å². The first-order valence-corrected chi connectivity index (χ1v) is 11.4. The molecule has 3 aromatic rings. The minimum atomic E-state index is -3.36. The van der Waals surface area contributed by atoms with Gasteiger partial charge in [0.15, 0.2) is 0 Å². The molecule has 0 saturated carbocycles. The van der Waals surface area contributed by atoms with Crippen LogP contribution < -0.4 is 9.62 Å². The lowest BCUT2D eigenvalue weighted by Gasteiger charge is -2.34. The maximum atomic E-state index is 11.7. The number of aryl methyl sites for hydroxylation is 1. The number of nitrogens with one attached hydrogen (secondary N) is 1. The van der Waals surface area contributed by atoms with Crippen LogP contribution in [0.3, 0.4) is 0 Å². The minimum Gasteiger partial charge on any atom is -0.331 e. The Kier molecular flexibility index (Phi) is 5.17. The Morgan fingerprint density at radius 2 is 1.97 bits per heavy atom. The van der Waals surface area contributed by atoms with E-state index in [2.05, 4.69) is 32.7 Å². The normalized spacial score (nSPS) is 16.4. The lowest BCUT2D eigenvalue weighted by molar-refractivity contribution is 0.607. The van der Waals surface area contributed by atoms with Crippen molar-refractivity contribution in [1.82, 2.24) is 14.8 Å². The van der Waals surface area contributed by atoms with Gasteiger partial charge in [-0.05, 0) is 37.3 Å². The summed E-state index contributed by atoms with van der Waals surface area (Å²) in [5.74, 6) is 0. The van der Waals surface area contributed by atoms with Crippen LogP contribution in [-0.4, -0.2) is 35.5 Å². The summed E-state index contributed by atoms with van der Waals surface area (Å²) in [6.07, 6.45) is 11.0. The fraction of sp³-hybridized carbons (Fsp3) is 0.182. The van der Waals surface area contributed by atoms with Gasteiger partial charge in [-0.15, -0.1) is 0 Å². The molecule has 0 aliphatic carbocycles. The summed E-state index contributed by atoms with van der Waals surface area (Å²) < 4.78 is 27.7. The van der Waals surface area contributed by atoms with Crippen molar-refractivity contribution in [3.05, 3.63) is 78.6 Å². The molecule has 1 aliphatic heterocycles. The number of benzene rings is 1. The van der Waals surface area contributed by atoms with Crippen molar-refractivity contribution in [3.63, 3.8) is 0 Å². The number of pyridine rings is 1. The highest BCUT2D eigenvalue weighted by Crippen LogP contribution is 2.37. The summed E-state index contributed by atoms with van der Waals surface area (Å²) in [7, 11) is -1.47. The first kappa shape index (κ1) is 19.9. The summed E-state index contributed by atoms with van der Waals surface area (Å²) in [5.41, 5.74) is 4.89. The van der Waals surface area contributed by atoms with E-state index in [4.69, 9.17) is 0 Å². The van der Waals surface area contributed by atoms with E-state index in [-0.39, 0.29) is 6.04 Å². The van der Waals surface area contributed by atoms with Gasteiger partial charge in [0, 0.05) is 42.4 Å². The summed E-state index contributed by atoms with van der Waals surface area (Å²) in [6, 6.07) is 13.2. The van der Waals surface area contributed by atoms with Gasteiger partial charge in [-0.25, -0.2) is 8.42 Å². The molecule has 1 aliphatic rings. The number of hydrogen-bond donors (Lipinski definition) is 1. The number of aromatic nitrogens is 3. The van der Waals surface area contributed by atoms with Gasteiger partial charge >= 0.3 is 0 Å². The lowest BCUT2D eigenvalue weighted by atomic mass is 10.0. The molecule has 8 heteroatoms. The first-order chi connectivity index (χ1) is 14.3. The molecule has 2 aromatic heterocycles. The van der Waals surface area contributed by atoms with Crippen LogP contribution in [0.5, 0.6) is 0 Å². The van der Waals surface area contributed by atoms with E-state index in [0.29, 0.717) is 5.69 Å². The highest BCUT2D eigenvalue weighted by Gasteiger charge is 2.26. The molecule has 1 N–H and O–H groups in total. The van der Waals surface area contributed by atoms with E-state index in [1.807, 2.05) is 61.8 Å². The summed E-state index contributed by atoms with van der Waals surface area (Å²) in [5, 5.41) is 4.65. The second-order valence-electron chi connectivity index (χ2n) is 7.25. The molecule has 0 amide bonds. The van der Waals surface area contributed by atoms with Crippen molar-refractivity contribution in [2.75, 3.05) is 15.9 Å². The monoisotopic (exact) mass is 421 g/mol. The Bertz CT molecular complexity index is 1230. The minimum absolute atomic E-state index is 0.0724. The largest absolute Gasteiger partial charge is 0.331 e. The summed E-state index contributed by atoms with van der Waals surface area (Å²) in [6.45, 7) is 2.11. The molecule has 1 aromatic carbocycles. The second-order valence-corrected chi connectivity index (χ2v) is 9.00. The molecule has 0 spiro atoms. The Hall–Kier alpha value is -3.39. The van der Waals surface area contributed by atoms with Crippen LogP contribution in [0.15, 0.2) is 73.1 Å². The fourth-order valence-electron chi connectivity index (χ4n) is 3.57. The molecule has 4 rings (SSSR count). The van der Waals surface area contributed by atoms with Crippen molar-refractivity contribution in [2.24, 2.45) is 7.05 Å². The molecule has 154 valence electrons. The molecule has 0 saturated heterocycles. The van der Waals surface area contributed by atoms with Crippen LogP contribution in [0.4, 0.5) is 11.4 Å². The number of anilines is 2. The van der Waals surface area contributed by atoms with Gasteiger partial charge in [0.05, 0.1) is 17.6 Å². The number of nitrogens with zero attached hydrogens (tertiary/aromatic N) is 4. The third-order valence-corrected chi connectivity index (χ3v) is 5.36. The number of allylic oxidation sites excluding steroid dienone is 2. The third kappa shape index (κ3) is 4.13. The van der Waals surface area contributed by atoms with E-state index in [9.17, 15) is 8.42 Å². The van der Waals surface area contributed by atoms with E-state index < -0.39 is 10.0 Å². The van der Waals surface area contributed by atoms with Crippen molar-refractivity contribution < 1.29 is 8.42 Å². The van der Waals surface area contributed by atoms with Crippen LogP contribution in [0.2, 0.25) is 0 Å². The second kappa shape index (κ2) is 7.79. The van der Waals surface area contributed by atoms with Crippen molar-refractivity contribution in [2.45, 2.75) is 13.0 Å². The molecular weight excluding hydrogens is 398 g/mol. The van der Waals surface area contributed by atoms with Gasteiger partial charge in [-0.3, -0.25) is 14.4 Å². The highest BCUT2D eigenvalue weighted by atomic mass is 32.2. The molecular formula is C22H23N5O2S. The zero-order valence-electron chi connectivity index (χ0n) is 17.0. The third-order valence-electron chi connectivity index (χ3n) is 4.75. The smallest absolute Gasteiger partial charge is 0.229 e. The van der Waals surface area contributed by atoms with Gasteiger partial charge in [-0.2, -0.15) is 5.10 Å². The molecule has 0 radical (unpaired) electrons. The Morgan fingerprint density at radius 1 is 1.13 bits per heavy atom. The average molecular weight is 422 g/mol. The summed E-state index contributed by atoms with van der Waals surface area (Å²) >= 11 is 0. The molecule has 1 unspecified atom stereocenters. The predicted octanol–water partition coefficient (Wildman–Crippen LogP) is 3.66. The van der Waals surface area contributed by atoms with Gasteiger partial charge < -0.3 is 4.90 Å². The Labute approximate surface area is 176 Å². The highest BCUT2D eigenvalue weighted by molar-refractivity contribution is 7.92. The maximum Gasteiger partial charge on any atom is 0.229 e. The van der Waals surface area contributed by atoms with Crippen LogP contribution in [0.1, 0.15) is 12.5 Å². The van der Waals surface area contributed by atoms with Crippen LogP contribution in [0.25, 0.3) is 17.1 Å². The first-order valence-electron chi connectivity index (χ1n) is 9.53. The van der Waals surface area contributed by atoms with Crippen LogP contribution >= 0.6 is 0 Å². The van der Waals surface area contributed by atoms with E-state index in [1.165, 1.54) is 0 Å². The van der Waals surface area contributed by atoms with Crippen LogP contribution in [-0.2, 0) is 17.1 Å². The number of sulfonamides is 1. The fourth-order valence-corrected chi connectivity index (χ4v) is 4.13. The molecule has 1 atom stereocenters.